The molecule has 1 aromatic rings. The highest BCUT2D eigenvalue weighted by Crippen LogP contribution is 2.15. The van der Waals surface area contributed by atoms with Crippen LogP contribution in [0.25, 0.3) is 0 Å². The molecule has 0 aliphatic carbocycles. The molecule has 0 aromatic heterocycles. The average Bonchev–Trinajstić information content (AvgIpc) is 2.82. The number of hydrogen-bond acceptors (Lipinski definition) is 3. The third-order valence-corrected chi connectivity index (χ3v) is 5.79. The molecule has 2 atom stereocenters. The maximum atomic E-state index is 11.5. The Balaban J connectivity index is 1.85. The van der Waals surface area contributed by atoms with Crippen LogP contribution in [0.4, 0.5) is 0 Å². The fourth-order valence-corrected chi connectivity index (χ4v) is 4.23. The Morgan fingerprint density at radius 1 is 1.36 bits per heavy atom. The van der Waals surface area contributed by atoms with E-state index in [0.717, 1.165) is 6.54 Å². The largest absolute Gasteiger partial charge is 0.356 e. The Hall–Kier alpha value is -1.56. The van der Waals surface area contributed by atoms with Gasteiger partial charge in [-0.1, -0.05) is 36.8 Å². The first-order valence-electron chi connectivity index (χ1n) is 7.64. The summed E-state index contributed by atoms with van der Waals surface area (Å²) >= 11 is 0. The second kappa shape index (κ2) is 7.13. The SMILES string of the molecule is CN=C(NCC(C)c1ccc(C)cc1)NC1CCS(=O)(=O)C1. The highest BCUT2D eigenvalue weighted by atomic mass is 32.2. The highest BCUT2D eigenvalue weighted by Gasteiger charge is 2.28. The summed E-state index contributed by atoms with van der Waals surface area (Å²) in [7, 11) is -1.17. The Labute approximate surface area is 133 Å². The lowest BCUT2D eigenvalue weighted by atomic mass is 10.0. The first kappa shape index (κ1) is 16.8. The van der Waals surface area contributed by atoms with E-state index < -0.39 is 9.84 Å². The fourth-order valence-electron chi connectivity index (χ4n) is 2.56. The second-order valence-electron chi connectivity index (χ2n) is 6.01. The summed E-state index contributed by atoms with van der Waals surface area (Å²) in [5.74, 6) is 1.48. The monoisotopic (exact) mass is 323 g/mol. The van der Waals surface area contributed by atoms with E-state index in [1.807, 2.05) is 0 Å². The first-order chi connectivity index (χ1) is 10.4. The summed E-state index contributed by atoms with van der Waals surface area (Å²) in [6.07, 6.45) is 0.649. The van der Waals surface area contributed by atoms with Crippen molar-refractivity contribution < 1.29 is 8.42 Å². The minimum atomic E-state index is -2.87. The van der Waals surface area contributed by atoms with Gasteiger partial charge in [0.15, 0.2) is 15.8 Å². The minimum absolute atomic E-state index is 0.0362. The van der Waals surface area contributed by atoms with E-state index in [-0.39, 0.29) is 17.5 Å². The Kier molecular flexibility index (Phi) is 5.45. The van der Waals surface area contributed by atoms with Crippen LogP contribution in [0.1, 0.15) is 30.4 Å². The average molecular weight is 323 g/mol. The molecule has 5 nitrogen and oxygen atoms in total. The van der Waals surface area contributed by atoms with Crippen molar-refractivity contribution in [2.45, 2.75) is 32.2 Å². The first-order valence-corrected chi connectivity index (χ1v) is 9.46. The van der Waals surface area contributed by atoms with Crippen LogP contribution < -0.4 is 10.6 Å². The van der Waals surface area contributed by atoms with Gasteiger partial charge in [-0.15, -0.1) is 0 Å². The number of nitrogens with zero attached hydrogens (tertiary/aromatic N) is 1. The maximum Gasteiger partial charge on any atom is 0.191 e. The van der Waals surface area contributed by atoms with Crippen molar-refractivity contribution in [3.63, 3.8) is 0 Å². The molecule has 1 aliphatic heterocycles. The topological polar surface area (TPSA) is 70.6 Å². The van der Waals surface area contributed by atoms with Gasteiger partial charge in [-0.05, 0) is 24.8 Å². The molecule has 22 heavy (non-hydrogen) atoms. The zero-order valence-electron chi connectivity index (χ0n) is 13.5. The van der Waals surface area contributed by atoms with Gasteiger partial charge >= 0.3 is 0 Å². The van der Waals surface area contributed by atoms with E-state index in [4.69, 9.17) is 0 Å². The smallest absolute Gasteiger partial charge is 0.191 e. The van der Waals surface area contributed by atoms with Crippen molar-refractivity contribution in [1.82, 2.24) is 10.6 Å². The number of hydrogen-bond donors (Lipinski definition) is 2. The van der Waals surface area contributed by atoms with Gasteiger partial charge in [0.1, 0.15) is 0 Å². The zero-order chi connectivity index (χ0) is 16.2. The lowest BCUT2D eigenvalue weighted by Gasteiger charge is -2.19. The van der Waals surface area contributed by atoms with Gasteiger partial charge in [-0.25, -0.2) is 8.42 Å². The lowest BCUT2D eigenvalue weighted by Crippen LogP contribution is -2.44. The summed E-state index contributed by atoms with van der Waals surface area (Å²) in [5.41, 5.74) is 2.53. The van der Waals surface area contributed by atoms with Gasteiger partial charge in [-0.2, -0.15) is 0 Å². The molecule has 1 aliphatic rings. The predicted octanol–water partition coefficient (Wildman–Crippen LogP) is 1.45. The molecule has 0 radical (unpaired) electrons. The molecule has 0 spiro atoms. The van der Waals surface area contributed by atoms with Gasteiger partial charge in [-0.3, -0.25) is 4.99 Å². The molecule has 1 heterocycles. The third kappa shape index (κ3) is 4.73. The molecular formula is C16H25N3O2S. The number of rotatable bonds is 4. The van der Waals surface area contributed by atoms with E-state index in [9.17, 15) is 8.42 Å². The number of sulfone groups is 1. The van der Waals surface area contributed by atoms with E-state index >= 15 is 0 Å². The number of aliphatic imine (C=N–C) groups is 1. The normalized spacial score (nSPS) is 22.3. The molecule has 1 aromatic carbocycles. The molecule has 122 valence electrons. The van der Waals surface area contributed by atoms with Crippen molar-refractivity contribution in [2.75, 3.05) is 25.1 Å². The number of nitrogens with one attached hydrogen (secondary N) is 2. The number of guanidine groups is 1. The number of aryl methyl sites for hydroxylation is 1. The van der Waals surface area contributed by atoms with Crippen LogP contribution in [0.3, 0.4) is 0 Å². The van der Waals surface area contributed by atoms with Crippen LogP contribution in [-0.2, 0) is 9.84 Å². The molecule has 2 N–H and O–H groups in total. The molecule has 6 heteroatoms. The van der Waals surface area contributed by atoms with Crippen LogP contribution in [0.15, 0.2) is 29.3 Å². The second-order valence-corrected chi connectivity index (χ2v) is 8.24. The van der Waals surface area contributed by atoms with E-state index in [1.165, 1.54) is 11.1 Å². The Bertz CT molecular complexity index is 623. The van der Waals surface area contributed by atoms with Crippen molar-refractivity contribution in [3.05, 3.63) is 35.4 Å². The van der Waals surface area contributed by atoms with Gasteiger partial charge < -0.3 is 10.6 Å². The van der Waals surface area contributed by atoms with Crippen molar-refractivity contribution in [3.8, 4) is 0 Å². The van der Waals surface area contributed by atoms with Crippen molar-refractivity contribution >= 4 is 15.8 Å². The van der Waals surface area contributed by atoms with Gasteiger partial charge in [0, 0.05) is 19.6 Å². The van der Waals surface area contributed by atoms with Crippen LogP contribution in [0.2, 0.25) is 0 Å². The third-order valence-electron chi connectivity index (χ3n) is 4.02. The summed E-state index contributed by atoms with van der Waals surface area (Å²) < 4.78 is 23.0. The van der Waals surface area contributed by atoms with Crippen LogP contribution >= 0.6 is 0 Å². The van der Waals surface area contributed by atoms with Crippen LogP contribution in [0.5, 0.6) is 0 Å². The van der Waals surface area contributed by atoms with E-state index in [1.54, 1.807) is 7.05 Å². The summed E-state index contributed by atoms with van der Waals surface area (Å²) in [4.78, 5) is 4.18. The standard InChI is InChI=1S/C16H25N3O2S/c1-12-4-6-14(7-5-12)13(2)10-18-16(17-3)19-15-8-9-22(20,21)11-15/h4-7,13,15H,8-11H2,1-3H3,(H2,17,18,19). The predicted molar refractivity (Wildman–Crippen MR) is 91.2 cm³/mol. The van der Waals surface area contributed by atoms with Gasteiger partial charge in [0.25, 0.3) is 0 Å². The van der Waals surface area contributed by atoms with Crippen molar-refractivity contribution in [1.29, 1.82) is 0 Å². The Morgan fingerprint density at radius 3 is 2.59 bits per heavy atom. The van der Waals surface area contributed by atoms with E-state index in [2.05, 4.69) is 53.7 Å². The van der Waals surface area contributed by atoms with Gasteiger partial charge in [0.05, 0.1) is 11.5 Å². The summed E-state index contributed by atoms with van der Waals surface area (Å²) in [6.45, 7) is 4.99. The lowest BCUT2D eigenvalue weighted by molar-refractivity contribution is 0.599. The molecule has 0 amide bonds. The fraction of sp³-hybridized carbons (Fsp3) is 0.562. The molecule has 1 saturated heterocycles. The van der Waals surface area contributed by atoms with E-state index in [0.29, 0.717) is 18.3 Å². The molecule has 2 rings (SSSR count). The van der Waals surface area contributed by atoms with Crippen molar-refractivity contribution in [2.24, 2.45) is 4.99 Å². The highest BCUT2D eigenvalue weighted by molar-refractivity contribution is 7.91. The maximum absolute atomic E-state index is 11.5. The van der Waals surface area contributed by atoms with Gasteiger partial charge in [0.2, 0.25) is 0 Å². The zero-order valence-corrected chi connectivity index (χ0v) is 14.3. The number of benzene rings is 1. The molecule has 1 fully saturated rings. The molecular weight excluding hydrogens is 298 g/mol. The molecule has 0 saturated carbocycles. The molecule has 2 unspecified atom stereocenters. The Morgan fingerprint density at radius 2 is 2.05 bits per heavy atom. The van der Waals surface area contributed by atoms with Crippen LogP contribution in [-0.4, -0.2) is 45.5 Å². The van der Waals surface area contributed by atoms with Crippen LogP contribution in [0, 0.1) is 6.92 Å². The summed E-state index contributed by atoms with van der Waals surface area (Å²) in [6, 6.07) is 8.47. The quantitative estimate of drug-likeness (QED) is 0.650. The molecule has 0 bridgehead atoms. The minimum Gasteiger partial charge on any atom is -0.356 e. The summed E-state index contributed by atoms with van der Waals surface area (Å²) in [5, 5.41) is 6.48.